The van der Waals surface area contributed by atoms with Crippen LogP contribution in [-0.2, 0) is 24.1 Å². The molecule has 94 valence electrons. The van der Waals surface area contributed by atoms with Crippen molar-refractivity contribution in [3.8, 4) is 0 Å². The third-order valence-electron chi connectivity index (χ3n) is 3.52. The van der Waals surface area contributed by atoms with Gasteiger partial charge in [-0.15, -0.1) is 0 Å². The van der Waals surface area contributed by atoms with Crippen LogP contribution in [0.2, 0.25) is 0 Å². The molecule has 16 heavy (non-hydrogen) atoms. The molecule has 0 heterocycles. The summed E-state index contributed by atoms with van der Waals surface area (Å²) in [4.78, 5) is 0. The van der Waals surface area contributed by atoms with E-state index in [0.29, 0.717) is 25.7 Å². The summed E-state index contributed by atoms with van der Waals surface area (Å²) in [6.07, 6.45) is 3.32. The largest absolute Gasteiger partial charge is 0.269 e. The van der Waals surface area contributed by atoms with Crippen LogP contribution in [0.5, 0.6) is 0 Å². The molecule has 0 saturated heterocycles. The van der Waals surface area contributed by atoms with Gasteiger partial charge < -0.3 is 0 Å². The first-order valence-electron chi connectivity index (χ1n) is 5.21. The Morgan fingerprint density at radius 2 is 1.56 bits per heavy atom. The first-order chi connectivity index (χ1) is 7.12. The van der Waals surface area contributed by atoms with E-state index in [9.17, 15) is 16.8 Å². The maximum absolute atomic E-state index is 12.2. The molecule has 0 aromatic carbocycles. The Hall–Kier alpha value is -0.140. The Morgan fingerprint density at radius 3 is 1.88 bits per heavy atom. The zero-order valence-corrected chi connectivity index (χ0v) is 11.0. The van der Waals surface area contributed by atoms with E-state index in [1.807, 2.05) is 0 Å². The van der Waals surface area contributed by atoms with Crippen LogP contribution in [-0.4, -0.2) is 39.2 Å². The molecule has 0 aliphatic heterocycles. The molecule has 5 nitrogen and oxygen atoms in total. The van der Waals surface area contributed by atoms with Crippen LogP contribution in [0.25, 0.3) is 0 Å². The maximum Gasteiger partial charge on any atom is 0.264 e. The van der Waals surface area contributed by atoms with Crippen molar-refractivity contribution in [3.05, 3.63) is 0 Å². The van der Waals surface area contributed by atoms with Crippen molar-refractivity contribution in [2.75, 3.05) is 12.9 Å². The Kier molecular flexibility index (Phi) is 2.47. The first-order valence-corrected chi connectivity index (χ1v) is 8.51. The number of sulfone groups is 1. The number of rotatable bonds is 5. The van der Waals surface area contributed by atoms with Crippen LogP contribution in [0.1, 0.15) is 32.6 Å². The highest BCUT2D eigenvalue weighted by Crippen LogP contribution is 2.56. The fourth-order valence-electron chi connectivity index (χ4n) is 1.81. The quantitative estimate of drug-likeness (QED) is 0.677. The van der Waals surface area contributed by atoms with Gasteiger partial charge in [-0.3, -0.25) is 4.18 Å². The summed E-state index contributed by atoms with van der Waals surface area (Å²) < 4.78 is 49.3. The molecule has 0 N–H and O–H groups in total. The van der Waals surface area contributed by atoms with Gasteiger partial charge in [0.2, 0.25) is 0 Å². The molecule has 7 heteroatoms. The molecule has 0 aromatic rings. The van der Waals surface area contributed by atoms with Gasteiger partial charge in [-0.2, -0.15) is 8.42 Å². The standard InChI is InChI=1S/C9H16O5S2/c1-8(3-4-8)16(12,13)9(5-6-9)7-14-15(2,10)11/h3-7H2,1-2H3. The summed E-state index contributed by atoms with van der Waals surface area (Å²) in [5.41, 5.74) is 0. The van der Waals surface area contributed by atoms with Crippen molar-refractivity contribution in [2.45, 2.75) is 42.1 Å². The average molecular weight is 268 g/mol. The summed E-state index contributed by atoms with van der Waals surface area (Å²) in [6.45, 7) is 1.51. The molecule has 2 saturated carbocycles. The molecule has 2 aliphatic rings. The fraction of sp³-hybridized carbons (Fsp3) is 1.00. The van der Waals surface area contributed by atoms with Crippen LogP contribution in [0, 0.1) is 0 Å². The SMILES string of the molecule is CC1(S(=O)(=O)C2(COS(C)(=O)=O)CC2)CC1. The van der Waals surface area contributed by atoms with Gasteiger partial charge in [0.15, 0.2) is 9.84 Å². The Morgan fingerprint density at radius 1 is 1.06 bits per heavy atom. The molecule has 0 spiro atoms. The normalized spacial score (nSPS) is 26.4. The second-order valence-corrected chi connectivity index (χ2v) is 9.61. The highest BCUT2D eigenvalue weighted by molar-refractivity contribution is 7.94. The zero-order valence-electron chi connectivity index (χ0n) is 9.39. The molecule has 0 bridgehead atoms. The molecule has 2 fully saturated rings. The summed E-state index contributed by atoms with van der Waals surface area (Å²) >= 11 is 0. The molecule has 0 amide bonds. The lowest BCUT2D eigenvalue weighted by Crippen LogP contribution is -2.37. The van der Waals surface area contributed by atoms with Crippen molar-refractivity contribution < 1.29 is 21.0 Å². The number of hydrogen-bond acceptors (Lipinski definition) is 5. The maximum atomic E-state index is 12.2. The highest BCUT2D eigenvalue weighted by atomic mass is 32.2. The predicted molar refractivity (Wildman–Crippen MR) is 59.3 cm³/mol. The Bertz CT molecular complexity index is 494. The summed E-state index contributed by atoms with van der Waals surface area (Å²) in [6, 6.07) is 0. The topological polar surface area (TPSA) is 77.5 Å². The summed E-state index contributed by atoms with van der Waals surface area (Å²) in [5, 5.41) is 0. The minimum Gasteiger partial charge on any atom is -0.269 e. The minimum absolute atomic E-state index is 0.218. The fourth-order valence-corrected chi connectivity index (χ4v) is 4.86. The van der Waals surface area contributed by atoms with E-state index in [0.717, 1.165) is 6.26 Å². The zero-order chi connectivity index (χ0) is 12.2. The van der Waals surface area contributed by atoms with Gasteiger partial charge in [-0.25, -0.2) is 8.42 Å². The second kappa shape index (κ2) is 3.20. The van der Waals surface area contributed by atoms with Gasteiger partial charge in [0, 0.05) is 0 Å². The molecule has 2 rings (SSSR count). The van der Waals surface area contributed by atoms with Gasteiger partial charge >= 0.3 is 0 Å². The van der Waals surface area contributed by atoms with E-state index >= 15 is 0 Å². The first kappa shape index (κ1) is 12.3. The molecule has 2 aliphatic carbocycles. The van der Waals surface area contributed by atoms with Crippen molar-refractivity contribution >= 4 is 20.0 Å². The smallest absolute Gasteiger partial charge is 0.264 e. The Labute approximate surface area is 96.2 Å². The lowest BCUT2D eigenvalue weighted by molar-refractivity contribution is 0.310. The third kappa shape index (κ3) is 1.89. The summed E-state index contributed by atoms with van der Waals surface area (Å²) in [7, 11) is -6.83. The lowest BCUT2D eigenvalue weighted by Gasteiger charge is -2.20. The van der Waals surface area contributed by atoms with E-state index in [-0.39, 0.29) is 6.61 Å². The van der Waals surface area contributed by atoms with Crippen LogP contribution >= 0.6 is 0 Å². The van der Waals surface area contributed by atoms with Crippen molar-refractivity contribution in [3.63, 3.8) is 0 Å². The monoisotopic (exact) mass is 268 g/mol. The van der Waals surface area contributed by atoms with Gasteiger partial charge in [-0.05, 0) is 32.6 Å². The van der Waals surface area contributed by atoms with E-state index in [4.69, 9.17) is 0 Å². The molecule has 0 aromatic heterocycles. The van der Waals surface area contributed by atoms with E-state index < -0.39 is 29.4 Å². The van der Waals surface area contributed by atoms with Crippen molar-refractivity contribution in [1.82, 2.24) is 0 Å². The van der Waals surface area contributed by atoms with Crippen molar-refractivity contribution in [2.24, 2.45) is 0 Å². The van der Waals surface area contributed by atoms with Crippen LogP contribution in [0.3, 0.4) is 0 Å². The van der Waals surface area contributed by atoms with Crippen molar-refractivity contribution in [1.29, 1.82) is 0 Å². The Balaban J connectivity index is 2.15. The molecular weight excluding hydrogens is 252 g/mol. The van der Waals surface area contributed by atoms with Crippen LogP contribution in [0.4, 0.5) is 0 Å². The van der Waals surface area contributed by atoms with Gasteiger partial charge in [0.1, 0.15) is 0 Å². The minimum atomic E-state index is -3.57. The lowest BCUT2D eigenvalue weighted by atomic mass is 10.4. The van der Waals surface area contributed by atoms with Crippen LogP contribution < -0.4 is 0 Å². The molecule has 0 atom stereocenters. The van der Waals surface area contributed by atoms with Gasteiger partial charge in [0.25, 0.3) is 10.1 Å². The van der Waals surface area contributed by atoms with Crippen LogP contribution in [0.15, 0.2) is 0 Å². The predicted octanol–water partition coefficient (Wildman–Crippen LogP) is 0.462. The average Bonchev–Trinajstić information content (AvgIpc) is 2.95. The second-order valence-electron chi connectivity index (χ2n) is 5.10. The molecule has 0 unspecified atom stereocenters. The number of hydrogen-bond donors (Lipinski definition) is 0. The van der Waals surface area contributed by atoms with E-state index in [1.165, 1.54) is 0 Å². The molecular formula is C9H16O5S2. The highest BCUT2D eigenvalue weighted by Gasteiger charge is 2.65. The van der Waals surface area contributed by atoms with E-state index in [2.05, 4.69) is 4.18 Å². The summed E-state index contributed by atoms with van der Waals surface area (Å²) in [5.74, 6) is 0. The molecule has 0 radical (unpaired) electrons. The van der Waals surface area contributed by atoms with E-state index in [1.54, 1.807) is 6.92 Å². The third-order valence-corrected chi connectivity index (χ3v) is 7.43. The van der Waals surface area contributed by atoms with Gasteiger partial charge in [0.05, 0.1) is 22.4 Å². The van der Waals surface area contributed by atoms with Gasteiger partial charge in [-0.1, -0.05) is 0 Å².